The van der Waals surface area contributed by atoms with E-state index in [9.17, 15) is 18.0 Å². The van der Waals surface area contributed by atoms with Gasteiger partial charge in [-0.3, -0.25) is 4.79 Å². The number of nitrogens with zero attached hydrogens (tertiary/aromatic N) is 2. The van der Waals surface area contributed by atoms with Gasteiger partial charge in [-0.25, -0.2) is 18.6 Å². The van der Waals surface area contributed by atoms with E-state index in [1.54, 1.807) is 30.3 Å². The molecule has 1 N–H and O–H groups in total. The normalized spacial score (nSPS) is 11.4. The van der Waals surface area contributed by atoms with Gasteiger partial charge in [0.25, 0.3) is 5.91 Å². The standard InChI is InChI=1S/C20H23N3O7S/c1-23(31(26,27)18-11-16(28-2)9-10-17(18)29-3)13-19(24)22-21-12-14-5-7-15(8-6-14)20(25)30-4/h5-12H,13H2,1-4H3,(H,22,24). The molecule has 166 valence electrons. The molecule has 0 heterocycles. The molecule has 2 aromatic carbocycles. The summed E-state index contributed by atoms with van der Waals surface area (Å²) in [7, 11) is 1.28. The SMILES string of the molecule is COC(=O)c1ccc(C=NNC(=O)CN(C)S(=O)(=O)c2cc(OC)ccc2OC)cc1. The van der Waals surface area contributed by atoms with E-state index in [0.717, 1.165) is 4.31 Å². The number of carbonyl (C=O) groups excluding carboxylic acids is 2. The maximum absolute atomic E-state index is 12.9. The molecule has 0 saturated carbocycles. The Morgan fingerprint density at radius 1 is 1.06 bits per heavy atom. The van der Waals surface area contributed by atoms with E-state index >= 15 is 0 Å². The quantitative estimate of drug-likeness (QED) is 0.347. The Balaban J connectivity index is 2.03. The first-order valence-corrected chi connectivity index (χ1v) is 10.4. The Bertz CT molecular complexity index is 1070. The number of amides is 1. The predicted octanol–water partition coefficient (Wildman–Crippen LogP) is 1.26. The number of ether oxygens (including phenoxy) is 3. The van der Waals surface area contributed by atoms with Crippen molar-refractivity contribution in [3.05, 3.63) is 53.6 Å². The molecule has 0 bridgehead atoms. The molecule has 0 unspecified atom stereocenters. The monoisotopic (exact) mass is 449 g/mol. The molecule has 0 aliphatic rings. The lowest BCUT2D eigenvalue weighted by atomic mass is 10.1. The third kappa shape index (κ3) is 6.03. The van der Waals surface area contributed by atoms with Crippen molar-refractivity contribution >= 4 is 28.1 Å². The topological polar surface area (TPSA) is 124 Å². The van der Waals surface area contributed by atoms with E-state index in [2.05, 4.69) is 15.3 Å². The average molecular weight is 449 g/mol. The fraction of sp³-hybridized carbons (Fsp3) is 0.250. The van der Waals surface area contributed by atoms with Crippen LogP contribution in [0.3, 0.4) is 0 Å². The average Bonchev–Trinajstić information content (AvgIpc) is 2.78. The number of hydrogen-bond acceptors (Lipinski definition) is 8. The fourth-order valence-corrected chi connectivity index (χ4v) is 3.77. The van der Waals surface area contributed by atoms with Crippen molar-refractivity contribution < 1.29 is 32.2 Å². The summed E-state index contributed by atoms with van der Waals surface area (Å²) in [6.45, 7) is -0.471. The maximum Gasteiger partial charge on any atom is 0.337 e. The zero-order valence-electron chi connectivity index (χ0n) is 17.5. The van der Waals surface area contributed by atoms with Crippen LogP contribution in [0.1, 0.15) is 15.9 Å². The first kappa shape index (κ1) is 23.8. The number of likely N-dealkylation sites (N-methyl/N-ethyl adjacent to an activating group) is 1. The highest BCUT2D eigenvalue weighted by Gasteiger charge is 2.27. The van der Waals surface area contributed by atoms with Crippen molar-refractivity contribution in [2.45, 2.75) is 4.90 Å². The van der Waals surface area contributed by atoms with Crippen molar-refractivity contribution in [3.8, 4) is 11.5 Å². The van der Waals surface area contributed by atoms with Crippen molar-refractivity contribution in [2.75, 3.05) is 34.9 Å². The van der Waals surface area contributed by atoms with Gasteiger partial charge in [0.15, 0.2) is 0 Å². The number of sulfonamides is 1. The molecule has 0 aliphatic heterocycles. The molecule has 0 saturated heterocycles. The lowest BCUT2D eigenvalue weighted by molar-refractivity contribution is -0.121. The summed E-state index contributed by atoms with van der Waals surface area (Å²) in [4.78, 5) is 23.4. The Morgan fingerprint density at radius 2 is 1.74 bits per heavy atom. The third-order valence-electron chi connectivity index (χ3n) is 4.16. The van der Waals surface area contributed by atoms with Crippen LogP contribution in [0.15, 0.2) is 52.5 Å². The summed E-state index contributed by atoms with van der Waals surface area (Å²) in [6.07, 6.45) is 1.36. The first-order valence-electron chi connectivity index (χ1n) is 8.91. The van der Waals surface area contributed by atoms with Crippen molar-refractivity contribution in [1.29, 1.82) is 0 Å². The molecule has 2 aromatic rings. The Morgan fingerprint density at radius 3 is 2.32 bits per heavy atom. The molecule has 0 radical (unpaired) electrons. The molecule has 11 heteroatoms. The van der Waals surface area contributed by atoms with Gasteiger partial charge in [0.05, 0.1) is 39.7 Å². The molecule has 0 fully saturated rings. The number of carbonyl (C=O) groups is 2. The maximum atomic E-state index is 12.9. The van der Waals surface area contributed by atoms with Crippen LogP contribution in [0.4, 0.5) is 0 Å². The van der Waals surface area contributed by atoms with Crippen LogP contribution < -0.4 is 14.9 Å². The van der Waals surface area contributed by atoms with Crippen LogP contribution in [-0.4, -0.2) is 65.7 Å². The summed E-state index contributed by atoms with van der Waals surface area (Å²) in [5.74, 6) is -0.648. The van der Waals surface area contributed by atoms with Gasteiger partial charge >= 0.3 is 5.97 Å². The van der Waals surface area contributed by atoms with Gasteiger partial charge in [0, 0.05) is 13.1 Å². The predicted molar refractivity (Wildman–Crippen MR) is 113 cm³/mol. The lowest BCUT2D eigenvalue weighted by Gasteiger charge is -2.18. The van der Waals surface area contributed by atoms with Crippen LogP contribution in [-0.2, 0) is 19.6 Å². The fourth-order valence-electron chi connectivity index (χ4n) is 2.48. The largest absolute Gasteiger partial charge is 0.497 e. The molecule has 0 spiro atoms. The number of benzene rings is 2. The minimum absolute atomic E-state index is 0.126. The minimum Gasteiger partial charge on any atom is -0.497 e. The van der Waals surface area contributed by atoms with Crippen molar-refractivity contribution in [1.82, 2.24) is 9.73 Å². The Hall–Kier alpha value is -3.44. The van der Waals surface area contributed by atoms with E-state index < -0.39 is 28.4 Å². The van der Waals surface area contributed by atoms with Crippen molar-refractivity contribution in [3.63, 3.8) is 0 Å². The smallest absolute Gasteiger partial charge is 0.337 e. The molecular weight excluding hydrogens is 426 g/mol. The van der Waals surface area contributed by atoms with Gasteiger partial charge in [0.1, 0.15) is 16.4 Å². The van der Waals surface area contributed by atoms with Crippen molar-refractivity contribution in [2.24, 2.45) is 5.10 Å². The number of methoxy groups -OCH3 is 3. The summed E-state index contributed by atoms with van der Waals surface area (Å²) >= 11 is 0. The molecule has 1 amide bonds. The van der Waals surface area contributed by atoms with Crippen LogP contribution in [0.25, 0.3) is 0 Å². The molecular formula is C20H23N3O7S. The highest BCUT2D eigenvalue weighted by molar-refractivity contribution is 7.89. The molecule has 0 aliphatic carbocycles. The van der Waals surface area contributed by atoms with E-state index in [1.165, 1.54) is 46.7 Å². The van der Waals surface area contributed by atoms with Crippen LogP contribution in [0, 0.1) is 0 Å². The Kier molecular flexibility index (Phi) is 8.11. The zero-order valence-corrected chi connectivity index (χ0v) is 18.3. The summed E-state index contributed by atoms with van der Waals surface area (Å²) in [5.41, 5.74) is 3.26. The molecule has 0 atom stereocenters. The highest BCUT2D eigenvalue weighted by atomic mass is 32.2. The molecule has 0 aromatic heterocycles. The van der Waals surface area contributed by atoms with E-state index in [1.807, 2.05) is 0 Å². The van der Waals surface area contributed by atoms with Crippen LogP contribution in [0.2, 0.25) is 0 Å². The minimum atomic E-state index is -4.03. The van der Waals surface area contributed by atoms with E-state index in [-0.39, 0.29) is 10.6 Å². The lowest BCUT2D eigenvalue weighted by Crippen LogP contribution is -2.36. The van der Waals surface area contributed by atoms with Crippen LogP contribution in [0.5, 0.6) is 11.5 Å². The summed E-state index contributed by atoms with van der Waals surface area (Å²) in [5, 5.41) is 3.80. The van der Waals surface area contributed by atoms with Gasteiger partial charge in [0.2, 0.25) is 10.0 Å². The first-order chi connectivity index (χ1) is 14.7. The number of rotatable bonds is 9. The Labute approximate surface area is 180 Å². The molecule has 2 rings (SSSR count). The number of hydrazone groups is 1. The summed E-state index contributed by atoms with van der Waals surface area (Å²) < 4.78 is 41.4. The van der Waals surface area contributed by atoms with Gasteiger partial charge in [-0.2, -0.15) is 9.41 Å². The number of hydrogen-bond donors (Lipinski definition) is 1. The molecule has 31 heavy (non-hydrogen) atoms. The van der Waals surface area contributed by atoms with Gasteiger partial charge in [-0.1, -0.05) is 12.1 Å². The van der Waals surface area contributed by atoms with E-state index in [0.29, 0.717) is 16.9 Å². The third-order valence-corrected chi connectivity index (χ3v) is 5.98. The second kappa shape index (κ2) is 10.5. The van der Waals surface area contributed by atoms with Gasteiger partial charge in [-0.05, 0) is 29.8 Å². The summed E-state index contributed by atoms with van der Waals surface area (Å²) in [6, 6.07) is 10.7. The highest BCUT2D eigenvalue weighted by Crippen LogP contribution is 2.30. The van der Waals surface area contributed by atoms with Gasteiger partial charge in [-0.15, -0.1) is 0 Å². The second-order valence-corrected chi connectivity index (χ2v) is 8.20. The van der Waals surface area contributed by atoms with E-state index in [4.69, 9.17) is 9.47 Å². The number of esters is 1. The van der Waals surface area contributed by atoms with Gasteiger partial charge < -0.3 is 14.2 Å². The van der Waals surface area contributed by atoms with Crippen LogP contribution >= 0.6 is 0 Å². The zero-order chi connectivity index (χ0) is 23.0. The second-order valence-electron chi connectivity index (χ2n) is 6.18. The molecule has 10 nitrogen and oxygen atoms in total. The number of nitrogens with one attached hydrogen (secondary N) is 1.